The Hall–Kier alpha value is -1.22. The van der Waals surface area contributed by atoms with E-state index < -0.39 is 0 Å². The highest BCUT2D eigenvalue weighted by molar-refractivity contribution is 6.33. The van der Waals surface area contributed by atoms with Crippen LogP contribution < -0.4 is 5.32 Å². The number of halogens is 1. The van der Waals surface area contributed by atoms with Gasteiger partial charge >= 0.3 is 5.97 Å². The zero-order valence-electron chi connectivity index (χ0n) is 12.3. The molecule has 1 fully saturated rings. The van der Waals surface area contributed by atoms with Crippen LogP contribution in [0.2, 0.25) is 5.02 Å². The number of anilines is 1. The third-order valence-electron chi connectivity index (χ3n) is 3.95. The Kier molecular flexibility index (Phi) is 4.59. The first-order valence-electron chi connectivity index (χ1n) is 7.06. The third kappa shape index (κ3) is 3.66. The maximum absolute atomic E-state index is 11.6. The van der Waals surface area contributed by atoms with E-state index in [9.17, 15) is 4.79 Å². The minimum Gasteiger partial charge on any atom is -0.465 e. The van der Waals surface area contributed by atoms with E-state index in [1.807, 2.05) is 0 Å². The molecule has 1 atom stereocenters. The van der Waals surface area contributed by atoms with Gasteiger partial charge < -0.3 is 10.1 Å². The lowest BCUT2D eigenvalue weighted by Crippen LogP contribution is -2.31. The van der Waals surface area contributed by atoms with Crippen LogP contribution in [0, 0.1) is 5.41 Å². The van der Waals surface area contributed by atoms with Gasteiger partial charge in [0.15, 0.2) is 0 Å². The average Bonchev–Trinajstić information content (AvgIpc) is 2.39. The van der Waals surface area contributed by atoms with Crippen molar-refractivity contribution in [2.75, 3.05) is 12.4 Å². The van der Waals surface area contributed by atoms with Gasteiger partial charge in [0.25, 0.3) is 0 Å². The average molecular weight is 296 g/mol. The molecule has 1 aromatic rings. The molecule has 1 aliphatic carbocycles. The molecule has 0 bridgehead atoms. The number of benzene rings is 1. The van der Waals surface area contributed by atoms with Gasteiger partial charge in [0, 0.05) is 6.04 Å². The van der Waals surface area contributed by atoms with Crippen LogP contribution in [0.4, 0.5) is 5.69 Å². The Morgan fingerprint density at radius 1 is 1.45 bits per heavy atom. The second kappa shape index (κ2) is 6.04. The minimum absolute atomic E-state index is 0.339. The summed E-state index contributed by atoms with van der Waals surface area (Å²) in [6.07, 6.45) is 4.74. The van der Waals surface area contributed by atoms with E-state index in [1.54, 1.807) is 18.2 Å². The van der Waals surface area contributed by atoms with Crippen LogP contribution in [0.5, 0.6) is 0 Å². The van der Waals surface area contributed by atoms with Crippen LogP contribution in [0.15, 0.2) is 18.2 Å². The Balaban J connectivity index is 2.14. The van der Waals surface area contributed by atoms with E-state index >= 15 is 0 Å². The highest BCUT2D eigenvalue weighted by Gasteiger charge is 2.28. The minimum atomic E-state index is -0.339. The van der Waals surface area contributed by atoms with Crippen LogP contribution in [0.25, 0.3) is 0 Å². The predicted molar refractivity (Wildman–Crippen MR) is 82.5 cm³/mol. The molecule has 110 valence electrons. The Bertz CT molecular complexity index is 499. The largest absolute Gasteiger partial charge is 0.465 e. The van der Waals surface area contributed by atoms with Crippen LogP contribution in [-0.4, -0.2) is 19.1 Å². The van der Waals surface area contributed by atoms with Crippen molar-refractivity contribution in [1.82, 2.24) is 0 Å². The topological polar surface area (TPSA) is 38.3 Å². The molecule has 0 heterocycles. The number of hydrogen-bond acceptors (Lipinski definition) is 3. The summed E-state index contributed by atoms with van der Waals surface area (Å²) in [5, 5.41) is 4.12. The number of esters is 1. The van der Waals surface area contributed by atoms with Crippen molar-refractivity contribution in [3.05, 3.63) is 28.8 Å². The highest BCUT2D eigenvalue weighted by atomic mass is 35.5. The van der Waals surface area contributed by atoms with Crippen molar-refractivity contribution in [2.45, 2.75) is 45.6 Å². The fraction of sp³-hybridized carbons (Fsp3) is 0.562. The van der Waals surface area contributed by atoms with E-state index in [0.29, 0.717) is 22.0 Å². The van der Waals surface area contributed by atoms with E-state index in [-0.39, 0.29) is 5.97 Å². The number of nitrogens with one attached hydrogen (secondary N) is 1. The zero-order chi connectivity index (χ0) is 14.8. The molecular weight excluding hydrogens is 274 g/mol. The van der Waals surface area contributed by atoms with Gasteiger partial charge in [-0.05, 0) is 42.9 Å². The number of hydrogen-bond donors (Lipinski definition) is 1. The molecule has 0 saturated heterocycles. The Morgan fingerprint density at radius 3 is 2.85 bits per heavy atom. The molecule has 0 amide bonds. The van der Waals surface area contributed by atoms with Crippen molar-refractivity contribution >= 4 is 23.3 Å². The first-order valence-corrected chi connectivity index (χ1v) is 7.43. The summed E-state index contributed by atoms with van der Waals surface area (Å²) in [5.74, 6) is -0.339. The molecule has 0 radical (unpaired) electrons. The summed E-state index contributed by atoms with van der Waals surface area (Å²) < 4.78 is 4.74. The molecule has 3 nitrogen and oxygen atoms in total. The molecule has 0 aromatic heterocycles. The summed E-state index contributed by atoms with van der Waals surface area (Å²) in [7, 11) is 1.38. The summed E-state index contributed by atoms with van der Waals surface area (Å²) in [5.41, 5.74) is 1.70. The highest BCUT2D eigenvalue weighted by Crippen LogP contribution is 2.37. The molecule has 1 aromatic carbocycles. The van der Waals surface area contributed by atoms with Gasteiger partial charge in [-0.2, -0.15) is 0 Å². The van der Waals surface area contributed by atoms with Crippen LogP contribution in [0.1, 0.15) is 49.9 Å². The van der Waals surface area contributed by atoms with E-state index in [0.717, 1.165) is 18.5 Å². The van der Waals surface area contributed by atoms with E-state index in [1.165, 1.54) is 20.0 Å². The Labute approximate surface area is 125 Å². The monoisotopic (exact) mass is 295 g/mol. The van der Waals surface area contributed by atoms with Gasteiger partial charge in [0.1, 0.15) is 0 Å². The van der Waals surface area contributed by atoms with Crippen molar-refractivity contribution in [3.63, 3.8) is 0 Å². The molecule has 1 aliphatic rings. The molecule has 0 spiro atoms. The van der Waals surface area contributed by atoms with Gasteiger partial charge in [0.05, 0.1) is 23.4 Å². The van der Waals surface area contributed by atoms with Gasteiger partial charge in [-0.15, -0.1) is 0 Å². The van der Waals surface area contributed by atoms with Crippen molar-refractivity contribution in [1.29, 1.82) is 0 Å². The first-order chi connectivity index (χ1) is 9.41. The lowest BCUT2D eigenvalue weighted by molar-refractivity contribution is 0.0601. The smallest absolute Gasteiger partial charge is 0.337 e. The maximum Gasteiger partial charge on any atom is 0.337 e. The predicted octanol–water partition coefficient (Wildman–Crippen LogP) is 4.51. The summed E-state index contributed by atoms with van der Waals surface area (Å²) >= 11 is 6.22. The molecule has 1 N–H and O–H groups in total. The quantitative estimate of drug-likeness (QED) is 0.834. The lowest BCUT2D eigenvalue weighted by atomic mass is 9.75. The SMILES string of the molecule is COC(=O)c1ccc(Cl)c(NC2CCCC(C)(C)C2)c1. The molecule has 1 saturated carbocycles. The normalized spacial score (nSPS) is 21.3. The van der Waals surface area contributed by atoms with Crippen LogP contribution in [-0.2, 0) is 4.74 Å². The fourth-order valence-corrected chi connectivity index (χ4v) is 3.09. The third-order valence-corrected chi connectivity index (χ3v) is 4.28. The van der Waals surface area contributed by atoms with Crippen molar-refractivity contribution < 1.29 is 9.53 Å². The summed E-state index contributed by atoms with van der Waals surface area (Å²) in [4.78, 5) is 11.6. The van der Waals surface area contributed by atoms with Crippen LogP contribution >= 0.6 is 11.6 Å². The van der Waals surface area contributed by atoms with Gasteiger partial charge in [0.2, 0.25) is 0 Å². The number of methoxy groups -OCH3 is 1. The maximum atomic E-state index is 11.6. The van der Waals surface area contributed by atoms with Gasteiger partial charge in [-0.3, -0.25) is 0 Å². The summed E-state index contributed by atoms with van der Waals surface area (Å²) in [6, 6.07) is 5.61. The molecule has 0 aliphatic heterocycles. The molecule has 2 rings (SSSR count). The Morgan fingerprint density at radius 2 is 2.20 bits per heavy atom. The number of ether oxygens (including phenoxy) is 1. The second-order valence-corrected chi connectivity index (χ2v) is 6.70. The van der Waals surface area contributed by atoms with Crippen molar-refractivity contribution in [2.24, 2.45) is 5.41 Å². The van der Waals surface area contributed by atoms with Crippen molar-refractivity contribution in [3.8, 4) is 0 Å². The molecule has 20 heavy (non-hydrogen) atoms. The number of rotatable bonds is 3. The standard InChI is InChI=1S/C16H22ClNO2/c1-16(2)8-4-5-12(10-16)18-14-9-11(15(19)20-3)6-7-13(14)17/h6-7,9,12,18H,4-5,8,10H2,1-3H3. The summed E-state index contributed by atoms with van der Waals surface area (Å²) in [6.45, 7) is 4.60. The zero-order valence-corrected chi connectivity index (χ0v) is 13.1. The van der Waals surface area contributed by atoms with Gasteiger partial charge in [-0.25, -0.2) is 4.79 Å². The first kappa shape index (κ1) is 15.2. The number of carbonyl (C=O) groups excluding carboxylic acids is 1. The molecular formula is C16H22ClNO2. The number of carbonyl (C=O) groups is 1. The van der Waals surface area contributed by atoms with Gasteiger partial charge in [-0.1, -0.05) is 31.9 Å². The molecule has 1 unspecified atom stereocenters. The molecule has 4 heteroatoms. The van der Waals surface area contributed by atoms with E-state index in [2.05, 4.69) is 19.2 Å². The van der Waals surface area contributed by atoms with E-state index in [4.69, 9.17) is 16.3 Å². The fourth-order valence-electron chi connectivity index (χ4n) is 2.92. The van der Waals surface area contributed by atoms with Crippen LogP contribution in [0.3, 0.4) is 0 Å². The second-order valence-electron chi connectivity index (χ2n) is 6.29. The lowest BCUT2D eigenvalue weighted by Gasteiger charge is -2.36.